The van der Waals surface area contributed by atoms with E-state index in [0.717, 1.165) is 17.8 Å². The van der Waals surface area contributed by atoms with E-state index in [4.69, 9.17) is 0 Å². The van der Waals surface area contributed by atoms with Crippen molar-refractivity contribution in [3.63, 3.8) is 0 Å². The van der Waals surface area contributed by atoms with Crippen molar-refractivity contribution in [3.05, 3.63) is 52.8 Å². The van der Waals surface area contributed by atoms with E-state index < -0.39 is 0 Å². The maximum Gasteiger partial charge on any atom is 0.0667 e. The summed E-state index contributed by atoms with van der Waals surface area (Å²) in [6.07, 6.45) is 1.36. The van der Waals surface area contributed by atoms with Crippen LogP contribution < -0.4 is 0 Å². The van der Waals surface area contributed by atoms with Crippen LogP contribution in [-0.4, -0.2) is 21.0 Å². The van der Waals surface area contributed by atoms with Gasteiger partial charge in [0, 0.05) is 25.1 Å². The third-order valence-electron chi connectivity index (χ3n) is 3.88. The van der Waals surface area contributed by atoms with Crippen LogP contribution in [0.25, 0.3) is 0 Å². The van der Waals surface area contributed by atoms with Crippen molar-refractivity contribution in [2.24, 2.45) is 7.05 Å². The van der Waals surface area contributed by atoms with E-state index in [1.807, 2.05) is 30.8 Å². The number of aromatic nitrogens is 2. The average molecular weight is 242 g/mol. The molecule has 2 atom stereocenters. The van der Waals surface area contributed by atoms with Crippen LogP contribution in [0.3, 0.4) is 0 Å². The van der Waals surface area contributed by atoms with Crippen molar-refractivity contribution in [2.45, 2.75) is 31.8 Å². The quantitative estimate of drug-likeness (QED) is 0.893. The highest BCUT2D eigenvalue weighted by Crippen LogP contribution is 2.38. The van der Waals surface area contributed by atoms with Gasteiger partial charge in [0.25, 0.3) is 0 Å². The summed E-state index contributed by atoms with van der Waals surface area (Å²) < 4.78 is 1.86. The molecule has 1 heterocycles. The lowest BCUT2D eigenvalue weighted by atomic mass is 9.73. The van der Waals surface area contributed by atoms with Gasteiger partial charge in [0.2, 0.25) is 0 Å². The van der Waals surface area contributed by atoms with E-state index in [9.17, 15) is 5.11 Å². The first-order chi connectivity index (χ1) is 8.65. The third-order valence-corrected chi connectivity index (χ3v) is 3.88. The van der Waals surface area contributed by atoms with Crippen LogP contribution in [0.5, 0.6) is 0 Å². The molecule has 1 aliphatic carbocycles. The molecule has 0 fully saturated rings. The number of aliphatic hydroxyl groups is 1. The second-order valence-corrected chi connectivity index (χ2v) is 5.18. The Morgan fingerprint density at radius 2 is 2.22 bits per heavy atom. The smallest absolute Gasteiger partial charge is 0.0667 e. The summed E-state index contributed by atoms with van der Waals surface area (Å²) in [5, 5.41) is 14.7. The maximum atomic E-state index is 10.4. The van der Waals surface area contributed by atoms with Gasteiger partial charge in [-0.15, -0.1) is 0 Å². The number of hydrogen-bond acceptors (Lipinski definition) is 2. The predicted octanol–water partition coefficient (Wildman–Crippen LogP) is 1.97. The second-order valence-electron chi connectivity index (χ2n) is 5.18. The SMILES string of the molecule is Cc1cc(CC(O)C2Cc3ccccc32)n(C)n1. The zero-order valence-electron chi connectivity index (χ0n) is 10.8. The van der Waals surface area contributed by atoms with Crippen LogP contribution in [0.4, 0.5) is 0 Å². The Kier molecular flexibility index (Phi) is 2.71. The monoisotopic (exact) mass is 242 g/mol. The van der Waals surface area contributed by atoms with Gasteiger partial charge in [-0.25, -0.2) is 0 Å². The minimum absolute atomic E-state index is 0.288. The number of rotatable bonds is 3. The van der Waals surface area contributed by atoms with E-state index in [1.54, 1.807) is 0 Å². The second kappa shape index (κ2) is 4.25. The molecule has 2 aromatic rings. The zero-order chi connectivity index (χ0) is 12.7. The summed E-state index contributed by atoms with van der Waals surface area (Å²) in [4.78, 5) is 0. The Hall–Kier alpha value is -1.61. The molecule has 0 saturated carbocycles. The van der Waals surface area contributed by atoms with E-state index in [-0.39, 0.29) is 12.0 Å². The summed E-state index contributed by atoms with van der Waals surface area (Å²) in [5.74, 6) is 0.288. The van der Waals surface area contributed by atoms with E-state index in [0.29, 0.717) is 6.42 Å². The topological polar surface area (TPSA) is 38.0 Å². The first kappa shape index (κ1) is 11.5. The normalized spacial score (nSPS) is 19.2. The van der Waals surface area contributed by atoms with Gasteiger partial charge < -0.3 is 5.11 Å². The van der Waals surface area contributed by atoms with Gasteiger partial charge in [-0.3, -0.25) is 4.68 Å². The molecule has 1 aromatic heterocycles. The maximum absolute atomic E-state index is 10.4. The molecule has 3 rings (SSSR count). The summed E-state index contributed by atoms with van der Waals surface area (Å²) >= 11 is 0. The fraction of sp³-hybridized carbons (Fsp3) is 0.400. The molecule has 0 bridgehead atoms. The van der Waals surface area contributed by atoms with Crippen LogP contribution in [0.1, 0.15) is 28.4 Å². The number of aliphatic hydroxyl groups excluding tert-OH is 1. The standard InChI is InChI=1S/C15H18N2O/c1-10-7-12(17(2)16-10)9-15(18)14-8-11-5-3-4-6-13(11)14/h3-7,14-15,18H,8-9H2,1-2H3. The highest BCUT2D eigenvalue weighted by molar-refractivity contribution is 5.41. The van der Waals surface area contributed by atoms with Gasteiger partial charge in [0.1, 0.15) is 0 Å². The number of fused-ring (bicyclic) bond motifs is 1. The Morgan fingerprint density at radius 1 is 1.44 bits per heavy atom. The van der Waals surface area contributed by atoms with Crippen LogP contribution in [0.15, 0.2) is 30.3 Å². The lowest BCUT2D eigenvalue weighted by Gasteiger charge is -2.33. The van der Waals surface area contributed by atoms with Gasteiger partial charge in [-0.2, -0.15) is 5.10 Å². The average Bonchev–Trinajstić information content (AvgIpc) is 2.59. The van der Waals surface area contributed by atoms with E-state index in [1.165, 1.54) is 11.1 Å². The fourth-order valence-electron chi connectivity index (χ4n) is 2.85. The van der Waals surface area contributed by atoms with Crippen LogP contribution in [-0.2, 0) is 19.9 Å². The summed E-state index contributed by atoms with van der Waals surface area (Å²) in [7, 11) is 1.93. The van der Waals surface area contributed by atoms with Crippen LogP contribution in [0, 0.1) is 6.92 Å². The Bertz CT molecular complexity index is 574. The number of nitrogens with zero attached hydrogens (tertiary/aromatic N) is 2. The molecule has 1 aromatic carbocycles. The lowest BCUT2D eigenvalue weighted by Crippen LogP contribution is -2.31. The van der Waals surface area contributed by atoms with Crippen molar-refractivity contribution in [1.82, 2.24) is 9.78 Å². The molecule has 2 unspecified atom stereocenters. The molecule has 18 heavy (non-hydrogen) atoms. The zero-order valence-corrected chi connectivity index (χ0v) is 10.8. The van der Waals surface area contributed by atoms with Gasteiger partial charge in [0.05, 0.1) is 11.8 Å². The molecular formula is C15H18N2O. The number of aryl methyl sites for hydroxylation is 2. The van der Waals surface area contributed by atoms with Gasteiger partial charge >= 0.3 is 0 Å². The molecule has 0 radical (unpaired) electrons. The highest BCUT2D eigenvalue weighted by Gasteiger charge is 2.31. The van der Waals surface area contributed by atoms with Gasteiger partial charge in [-0.1, -0.05) is 24.3 Å². The number of hydrogen-bond donors (Lipinski definition) is 1. The van der Waals surface area contributed by atoms with E-state index >= 15 is 0 Å². The molecule has 0 spiro atoms. The van der Waals surface area contributed by atoms with Gasteiger partial charge in [-0.05, 0) is 30.5 Å². The summed E-state index contributed by atoms with van der Waals surface area (Å²) in [5.41, 5.74) is 4.80. The Morgan fingerprint density at radius 3 is 2.89 bits per heavy atom. The minimum atomic E-state index is -0.310. The van der Waals surface area contributed by atoms with Crippen molar-refractivity contribution in [1.29, 1.82) is 0 Å². The minimum Gasteiger partial charge on any atom is -0.392 e. The molecule has 1 aliphatic rings. The lowest BCUT2D eigenvalue weighted by molar-refractivity contribution is 0.131. The molecule has 0 saturated heterocycles. The fourth-order valence-corrected chi connectivity index (χ4v) is 2.85. The first-order valence-electron chi connectivity index (χ1n) is 6.40. The Balaban J connectivity index is 1.74. The number of benzene rings is 1. The summed E-state index contributed by atoms with van der Waals surface area (Å²) in [6, 6.07) is 10.4. The predicted molar refractivity (Wildman–Crippen MR) is 70.5 cm³/mol. The molecule has 94 valence electrons. The molecule has 0 aliphatic heterocycles. The molecule has 3 nitrogen and oxygen atoms in total. The van der Waals surface area contributed by atoms with Crippen LogP contribution in [0.2, 0.25) is 0 Å². The largest absolute Gasteiger partial charge is 0.392 e. The molecule has 3 heteroatoms. The highest BCUT2D eigenvalue weighted by atomic mass is 16.3. The third kappa shape index (κ3) is 1.85. The van der Waals surface area contributed by atoms with Crippen molar-refractivity contribution < 1.29 is 5.11 Å². The van der Waals surface area contributed by atoms with Crippen molar-refractivity contribution in [3.8, 4) is 0 Å². The Labute approximate surface area is 107 Å². The molecular weight excluding hydrogens is 224 g/mol. The molecule has 1 N–H and O–H groups in total. The molecule has 0 amide bonds. The van der Waals surface area contributed by atoms with E-state index in [2.05, 4.69) is 23.3 Å². The first-order valence-corrected chi connectivity index (χ1v) is 6.40. The van der Waals surface area contributed by atoms with Crippen molar-refractivity contribution >= 4 is 0 Å². The summed E-state index contributed by atoms with van der Waals surface area (Å²) in [6.45, 7) is 1.98. The van der Waals surface area contributed by atoms with Crippen molar-refractivity contribution in [2.75, 3.05) is 0 Å². The van der Waals surface area contributed by atoms with Gasteiger partial charge in [0.15, 0.2) is 0 Å². The van der Waals surface area contributed by atoms with Crippen LogP contribution >= 0.6 is 0 Å².